The summed E-state index contributed by atoms with van der Waals surface area (Å²) in [5.41, 5.74) is 1.24. The van der Waals surface area contributed by atoms with Crippen LogP contribution in [0, 0.1) is 6.92 Å². The molecule has 0 fully saturated rings. The van der Waals surface area contributed by atoms with Crippen molar-refractivity contribution in [2.45, 2.75) is 31.2 Å². The summed E-state index contributed by atoms with van der Waals surface area (Å²) >= 11 is 3.26. The molecule has 2 amide bonds. The molecule has 0 saturated carbocycles. The third-order valence-electron chi connectivity index (χ3n) is 3.37. The van der Waals surface area contributed by atoms with E-state index in [0.29, 0.717) is 6.54 Å². The van der Waals surface area contributed by atoms with Gasteiger partial charge in [0.25, 0.3) is 0 Å². The number of amides is 2. The summed E-state index contributed by atoms with van der Waals surface area (Å²) in [4.78, 5) is 25.6. The fourth-order valence-electron chi connectivity index (χ4n) is 2.21. The van der Waals surface area contributed by atoms with Crippen molar-refractivity contribution in [1.29, 1.82) is 0 Å². The Morgan fingerprint density at radius 3 is 2.58 bits per heavy atom. The zero-order chi connectivity index (χ0) is 17.4. The van der Waals surface area contributed by atoms with Gasteiger partial charge in [0.15, 0.2) is 0 Å². The number of nitrogens with one attached hydrogen (secondary N) is 2. The van der Waals surface area contributed by atoms with E-state index >= 15 is 0 Å². The van der Waals surface area contributed by atoms with E-state index in [2.05, 4.69) is 41.8 Å². The van der Waals surface area contributed by atoms with Crippen LogP contribution in [0.2, 0.25) is 0 Å². The zero-order valence-corrected chi connectivity index (χ0v) is 15.5. The number of carbonyl (C=O) groups excluding carboxylic acids is 2. The number of thioether (sulfide) groups is 1. The van der Waals surface area contributed by atoms with Crippen LogP contribution in [0.4, 0.5) is 0 Å². The molecule has 0 saturated heterocycles. The number of aryl methyl sites for hydroxylation is 1. The van der Waals surface area contributed by atoms with Crippen molar-refractivity contribution in [1.82, 2.24) is 10.6 Å². The second-order valence-electron chi connectivity index (χ2n) is 5.48. The highest BCUT2D eigenvalue weighted by Gasteiger charge is 2.17. The Morgan fingerprint density at radius 1 is 1.21 bits per heavy atom. The van der Waals surface area contributed by atoms with Gasteiger partial charge >= 0.3 is 0 Å². The lowest BCUT2D eigenvalue weighted by molar-refractivity contribution is -0.122. The van der Waals surface area contributed by atoms with E-state index in [4.69, 9.17) is 0 Å². The summed E-state index contributed by atoms with van der Waals surface area (Å²) in [6.45, 7) is 4.14. The normalized spacial score (nSPS) is 11.8. The Kier molecular flexibility index (Phi) is 7.34. The number of benzene rings is 1. The molecule has 0 spiro atoms. The molecular weight excluding hydrogens is 340 g/mol. The monoisotopic (exact) mass is 362 g/mol. The molecule has 24 heavy (non-hydrogen) atoms. The van der Waals surface area contributed by atoms with Crippen LogP contribution in [0.1, 0.15) is 29.8 Å². The highest BCUT2D eigenvalue weighted by Crippen LogP contribution is 2.22. The Balaban J connectivity index is 1.74. The predicted octanol–water partition coefficient (Wildman–Crippen LogP) is 3.53. The molecule has 1 aromatic heterocycles. The smallest absolute Gasteiger partial charge is 0.222 e. The van der Waals surface area contributed by atoms with Gasteiger partial charge in [-0.2, -0.15) is 0 Å². The molecule has 2 N–H and O–H groups in total. The number of thiophene rings is 1. The Morgan fingerprint density at radius 2 is 1.96 bits per heavy atom. The average molecular weight is 363 g/mol. The van der Waals surface area contributed by atoms with Crippen LogP contribution < -0.4 is 10.6 Å². The molecule has 1 atom stereocenters. The van der Waals surface area contributed by atoms with Gasteiger partial charge in [-0.3, -0.25) is 9.59 Å². The van der Waals surface area contributed by atoms with Gasteiger partial charge in [0.1, 0.15) is 0 Å². The van der Waals surface area contributed by atoms with Crippen LogP contribution >= 0.6 is 23.1 Å². The molecule has 0 aliphatic heterocycles. The van der Waals surface area contributed by atoms with Crippen molar-refractivity contribution in [2.75, 3.05) is 12.3 Å². The molecular formula is C18H22N2O2S2. The molecule has 6 heteroatoms. The molecule has 0 aliphatic rings. The number of hydrogen-bond acceptors (Lipinski definition) is 4. The van der Waals surface area contributed by atoms with Gasteiger partial charge in [0.2, 0.25) is 11.8 Å². The second kappa shape index (κ2) is 9.49. The van der Waals surface area contributed by atoms with E-state index < -0.39 is 0 Å². The standard InChI is InChI=1S/C18H22N2O2S2/c1-13-5-7-15(8-6-13)23-11-9-19-18(22)12-16(20-14(2)21)17-4-3-10-24-17/h3-8,10,16H,9,11-12H2,1-2H3,(H,19,22)(H,20,21). The third-order valence-corrected chi connectivity index (χ3v) is 5.37. The lowest BCUT2D eigenvalue weighted by Crippen LogP contribution is -2.33. The number of rotatable bonds is 8. The van der Waals surface area contributed by atoms with Gasteiger partial charge in [0, 0.05) is 29.0 Å². The molecule has 0 radical (unpaired) electrons. The summed E-state index contributed by atoms with van der Waals surface area (Å²) in [6.07, 6.45) is 0.259. The first-order valence-electron chi connectivity index (χ1n) is 7.81. The maximum absolute atomic E-state index is 12.1. The third kappa shape index (κ3) is 6.37. The summed E-state index contributed by atoms with van der Waals surface area (Å²) in [5, 5.41) is 7.71. The molecule has 0 aliphatic carbocycles. The maximum atomic E-state index is 12.1. The minimum atomic E-state index is -0.257. The van der Waals surface area contributed by atoms with Crippen LogP contribution in [0.3, 0.4) is 0 Å². The summed E-state index contributed by atoms with van der Waals surface area (Å²) in [7, 11) is 0. The van der Waals surface area contributed by atoms with Gasteiger partial charge < -0.3 is 10.6 Å². The summed E-state index contributed by atoms with van der Waals surface area (Å²) in [5.74, 6) is 0.640. The van der Waals surface area contributed by atoms with E-state index in [0.717, 1.165) is 10.6 Å². The minimum absolute atomic E-state index is 0.0494. The van der Waals surface area contributed by atoms with Crippen molar-refractivity contribution < 1.29 is 9.59 Å². The topological polar surface area (TPSA) is 58.2 Å². The SMILES string of the molecule is CC(=O)NC(CC(=O)NCCSc1ccc(C)cc1)c1cccs1. The first kappa shape index (κ1) is 18.5. The molecule has 4 nitrogen and oxygen atoms in total. The van der Waals surface area contributed by atoms with Crippen molar-refractivity contribution >= 4 is 34.9 Å². The average Bonchev–Trinajstić information content (AvgIpc) is 3.06. The largest absolute Gasteiger partial charge is 0.355 e. The lowest BCUT2D eigenvalue weighted by Gasteiger charge is -2.16. The predicted molar refractivity (Wildman–Crippen MR) is 100 cm³/mol. The molecule has 2 rings (SSSR count). The Labute approximate surface area is 151 Å². The number of hydrogen-bond donors (Lipinski definition) is 2. The molecule has 2 aromatic rings. The zero-order valence-electron chi connectivity index (χ0n) is 13.9. The first-order valence-corrected chi connectivity index (χ1v) is 9.68. The quantitative estimate of drug-likeness (QED) is 0.558. The molecule has 1 heterocycles. The lowest BCUT2D eigenvalue weighted by atomic mass is 10.1. The van der Waals surface area contributed by atoms with Crippen molar-refractivity contribution in [3.05, 3.63) is 52.2 Å². The number of carbonyl (C=O) groups is 2. The fraction of sp³-hybridized carbons (Fsp3) is 0.333. The maximum Gasteiger partial charge on any atom is 0.222 e. The van der Waals surface area contributed by atoms with Crippen molar-refractivity contribution in [3.63, 3.8) is 0 Å². The van der Waals surface area contributed by atoms with Crippen LogP contribution in [0.15, 0.2) is 46.7 Å². The van der Waals surface area contributed by atoms with Crippen molar-refractivity contribution in [2.24, 2.45) is 0 Å². The van der Waals surface area contributed by atoms with Crippen LogP contribution in [-0.4, -0.2) is 24.1 Å². The van der Waals surface area contributed by atoms with E-state index in [-0.39, 0.29) is 24.3 Å². The minimum Gasteiger partial charge on any atom is -0.355 e. The molecule has 1 unspecified atom stereocenters. The van der Waals surface area contributed by atoms with Crippen LogP contribution in [0.25, 0.3) is 0 Å². The van der Waals surface area contributed by atoms with E-state index in [1.54, 1.807) is 23.1 Å². The van der Waals surface area contributed by atoms with E-state index in [9.17, 15) is 9.59 Å². The van der Waals surface area contributed by atoms with Gasteiger partial charge in [-0.1, -0.05) is 23.8 Å². The molecule has 1 aromatic carbocycles. The van der Waals surface area contributed by atoms with E-state index in [1.165, 1.54) is 17.4 Å². The first-order chi connectivity index (χ1) is 11.5. The van der Waals surface area contributed by atoms with Crippen LogP contribution in [-0.2, 0) is 9.59 Å². The van der Waals surface area contributed by atoms with Crippen LogP contribution in [0.5, 0.6) is 0 Å². The Hall–Kier alpha value is -1.79. The van der Waals surface area contributed by atoms with E-state index in [1.807, 2.05) is 17.5 Å². The fourth-order valence-corrected chi connectivity index (χ4v) is 3.76. The highest BCUT2D eigenvalue weighted by molar-refractivity contribution is 7.99. The molecule has 0 bridgehead atoms. The van der Waals surface area contributed by atoms with Gasteiger partial charge in [-0.15, -0.1) is 23.1 Å². The van der Waals surface area contributed by atoms with Gasteiger partial charge in [0.05, 0.1) is 12.5 Å². The second-order valence-corrected chi connectivity index (χ2v) is 7.63. The highest BCUT2D eigenvalue weighted by atomic mass is 32.2. The summed E-state index contributed by atoms with van der Waals surface area (Å²) in [6, 6.07) is 11.9. The van der Waals surface area contributed by atoms with Gasteiger partial charge in [-0.25, -0.2) is 0 Å². The summed E-state index contributed by atoms with van der Waals surface area (Å²) < 4.78 is 0. The Bertz CT molecular complexity index is 654. The van der Waals surface area contributed by atoms with Gasteiger partial charge in [-0.05, 0) is 30.5 Å². The van der Waals surface area contributed by atoms with Crippen molar-refractivity contribution in [3.8, 4) is 0 Å². The molecule has 128 valence electrons.